The molecule has 15 heteroatoms. The molecule has 0 saturated heterocycles. The van der Waals surface area contributed by atoms with Crippen LogP contribution in [0.25, 0.3) is 22.2 Å². The Bertz CT molecular complexity index is 1890. The molecule has 6 rings (SSSR count). The van der Waals surface area contributed by atoms with Gasteiger partial charge in [-0.15, -0.1) is 0 Å². The van der Waals surface area contributed by atoms with Gasteiger partial charge >= 0.3 is 17.8 Å². The van der Waals surface area contributed by atoms with E-state index >= 15 is 0 Å². The number of aryl methyl sites for hydroxylation is 2. The molecule has 10 nitrogen and oxygen atoms in total. The molecule has 4 aromatic heterocycles. The molecule has 4 heterocycles. The topological polar surface area (TPSA) is 141 Å². The van der Waals surface area contributed by atoms with Gasteiger partial charge in [0, 0.05) is 12.1 Å². The van der Waals surface area contributed by atoms with Crippen LogP contribution in [0.2, 0.25) is 0 Å². The van der Waals surface area contributed by atoms with Crippen molar-refractivity contribution < 1.29 is 23.4 Å². The second-order valence-corrected chi connectivity index (χ2v) is 12.4. The Morgan fingerprint density at radius 3 is 1.89 bits per heavy atom. The van der Waals surface area contributed by atoms with Crippen molar-refractivity contribution in [1.82, 2.24) is 19.5 Å². The van der Waals surface area contributed by atoms with E-state index in [2.05, 4.69) is 15.0 Å². The zero-order chi connectivity index (χ0) is 33.4. The van der Waals surface area contributed by atoms with Gasteiger partial charge in [0.05, 0.1) is 8.52 Å². The molecule has 1 N–H and O–H groups in total. The van der Waals surface area contributed by atoms with Crippen LogP contribution in [0, 0.1) is 11.8 Å². The molecule has 45 heavy (non-hydrogen) atoms. The summed E-state index contributed by atoms with van der Waals surface area (Å²) in [5.74, 6) is 1.57. The van der Waals surface area contributed by atoms with Gasteiger partial charge < -0.3 is 13.8 Å². The Morgan fingerprint density at radius 1 is 0.911 bits per heavy atom. The SMILES string of the molecule is CSc1nc2oc(=O)cc(CCCC3CC3)c2c(=O)[nH]1.CSc1nc2oc(=O)cc(CCCC3CC3)c2c(=O)n1C(F)F.[2H]CF. The molecular weight excluding hydrogens is 633 g/mol. The van der Waals surface area contributed by atoms with E-state index in [0.717, 1.165) is 61.3 Å². The average Bonchev–Trinajstić information content (AvgIpc) is 3.93. The van der Waals surface area contributed by atoms with Crippen LogP contribution in [0.15, 0.2) is 50.5 Å². The number of nitrogens with one attached hydrogen (secondary N) is 1. The number of rotatable bonds is 11. The Kier molecular flexibility index (Phi) is 11.6. The van der Waals surface area contributed by atoms with E-state index in [1.54, 1.807) is 0 Å². The Balaban J connectivity index is 0.000000194. The van der Waals surface area contributed by atoms with Crippen LogP contribution < -0.4 is 22.4 Å². The van der Waals surface area contributed by atoms with Crippen molar-refractivity contribution in [2.45, 2.75) is 81.1 Å². The predicted molar refractivity (Wildman–Crippen MR) is 169 cm³/mol. The normalized spacial score (nSPS) is 14.6. The van der Waals surface area contributed by atoms with E-state index in [1.807, 2.05) is 6.26 Å². The lowest BCUT2D eigenvalue weighted by Gasteiger charge is -2.11. The summed E-state index contributed by atoms with van der Waals surface area (Å²) in [4.78, 5) is 58.7. The minimum atomic E-state index is -2.99. The maximum atomic E-state index is 13.2. The number of H-pyrrole nitrogens is 1. The summed E-state index contributed by atoms with van der Waals surface area (Å²) in [6, 6.07) is 2.64. The van der Waals surface area contributed by atoms with Crippen molar-refractivity contribution in [2.24, 2.45) is 11.8 Å². The molecule has 0 atom stereocenters. The fourth-order valence-electron chi connectivity index (χ4n) is 5.09. The van der Waals surface area contributed by atoms with Crippen molar-refractivity contribution in [3.63, 3.8) is 0 Å². The molecule has 0 unspecified atom stereocenters. The third-order valence-corrected chi connectivity index (χ3v) is 8.85. The summed E-state index contributed by atoms with van der Waals surface area (Å²) < 4.78 is 52.3. The summed E-state index contributed by atoms with van der Waals surface area (Å²) in [6.45, 7) is -2.99. The number of aromatic amines is 1. The number of thioether (sulfide) groups is 2. The molecule has 0 amide bonds. The summed E-state index contributed by atoms with van der Waals surface area (Å²) in [6.07, 6.45) is 13.6. The minimum absolute atomic E-state index is 0.0153. The first-order chi connectivity index (χ1) is 22.1. The Hall–Kier alpha value is -3.33. The highest BCUT2D eigenvalue weighted by Gasteiger charge is 2.24. The van der Waals surface area contributed by atoms with Gasteiger partial charge in [0.2, 0.25) is 11.4 Å². The number of nitrogens with zero attached hydrogens (tertiary/aromatic N) is 3. The molecule has 0 aliphatic heterocycles. The molecule has 2 aliphatic rings. The van der Waals surface area contributed by atoms with Gasteiger partial charge in [-0.25, -0.2) is 14.2 Å². The lowest BCUT2D eigenvalue weighted by Crippen LogP contribution is -2.25. The highest BCUT2D eigenvalue weighted by molar-refractivity contribution is 7.98. The Labute approximate surface area is 265 Å². The maximum absolute atomic E-state index is 13.2. The van der Waals surface area contributed by atoms with E-state index in [9.17, 15) is 32.3 Å². The molecule has 2 aliphatic carbocycles. The maximum Gasteiger partial charge on any atom is 0.337 e. The highest BCUT2D eigenvalue weighted by Crippen LogP contribution is 2.35. The number of alkyl halides is 3. The van der Waals surface area contributed by atoms with Gasteiger partial charge in [0.1, 0.15) is 10.8 Å². The monoisotopic (exact) mass is 669 g/mol. The summed E-state index contributed by atoms with van der Waals surface area (Å²) in [5.41, 5.74) is -0.979. The molecule has 2 fully saturated rings. The fraction of sp³-hybridized carbons (Fsp3) is 0.533. The van der Waals surface area contributed by atoms with E-state index in [4.69, 9.17) is 10.2 Å². The zero-order valence-corrected chi connectivity index (χ0v) is 26.5. The number of hydrogen-bond donors (Lipinski definition) is 1. The van der Waals surface area contributed by atoms with E-state index in [1.165, 1.54) is 55.8 Å². The smallest absolute Gasteiger partial charge is 0.337 e. The van der Waals surface area contributed by atoms with Crippen molar-refractivity contribution >= 4 is 45.7 Å². The number of hydrogen-bond acceptors (Lipinski definition) is 10. The Morgan fingerprint density at radius 2 is 1.42 bits per heavy atom. The van der Waals surface area contributed by atoms with Crippen molar-refractivity contribution in [3.05, 3.63) is 64.8 Å². The lowest BCUT2D eigenvalue weighted by atomic mass is 10.1. The van der Waals surface area contributed by atoms with Crippen LogP contribution in [0.4, 0.5) is 13.2 Å². The molecule has 2 saturated carbocycles. The summed E-state index contributed by atoms with van der Waals surface area (Å²) in [7, 11) is -1.00. The fourth-order valence-corrected chi connectivity index (χ4v) is 6.00. The summed E-state index contributed by atoms with van der Waals surface area (Å²) >= 11 is 2.22. The first-order valence-corrected chi connectivity index (χ1v) is 16.9. The van der Waals surface area contributed by atoms with Crippen LogP contribution in [0.5, 0.6) is 0 Å². The predicted octanol–water partition coefficient (Wildman–Crippen LogP) is 6.12. The second kappa shape index (κ2) is 15.8. The molecule has 0 bridgehead atoms. The van der Waals surface area contributed by atoms with Crippen LogP contribution in [0.1, 0.15) is 70.4 Å². The zero-order valence-electron chi connectivity index (χ0n) is 25.9. The van der Waals surface area contributed by atoms with Gasteiger partial charge in [0.15, 0.2) is 10.3 Å². The first kappa shape index (κ1) is 33.0. The van der Waals surface area contributed by atoms with Gasteiger partial charge in [-0.05, 0) is 61.2 Å². The van der Waals surface area contributed by atoms with Crippen LogP contribution in [0.3, 0.4) is 0 Å². The van der Waals surface area contributed by atoms with Gasteiger partial charge in [-0.3, -0.25) is 14.0 Å². The first-order valence-electron chi connectivity index (χ1n) is 15.2. The van der Waals surface area contributed by atoms with Crippen LogP contribution >= 0.6 is 23.5 Å². The van der Waals surface area contributed by atoms with Crippen molar-refractivity contribution in [2.75, 3.05) is 19.7 Å². The molecule has 0 aromatic carbocycles. The molecule has 0 spiro atoms. The molecule has 244 valence electrons. The average molecular weight is 670 g/mol. The quantitative estimate of drug-likeness (QED) is 0.147. The molecular formula is C30H35F3N4O6S2. The van der Waals surface area contributed by atoms with Crippen molar-refractivity contribution in [3.8, 4) is 0 Å². The van der Waals surface area contributed by atoms with Gasteiger partial charge in [0.25, 0.3) is 11.1 Å². The van der Waals surface area contributed by atoms with Crippen molar-refractivity contribution in [1.29, 1.82) is 0 Å². The minimum Gasteiger partial charge on any atom is -0.403 e. The van der Waals surface area contributed by atoms with E-state index in [0.29, 0.717) is 27.1 Å². The van der Waals surface area contributed by atoms with Gasteiger partial charge in [-0.2, -0.15) is 18.7 Å². The standard InChI is InChI=1S/C15H16F2N2O3S.C14H16N2O3S.CH3F/c1-23-15-18-12-11(13(21)19(15)14(16)17)9(7-10(20)22-12)4-2-3-8-5-6-8;1-20-14-15-12(18)11-9(4-2-3-8-5-6-8)7-10(17)19-13(11)16-14;1-2/h7-8,14H,2-6H2,1H3;7-8H,2-6H2,1H3,(H,15,16,18);1H3/i;;1D. The third-order valence-electron chi connectivity index (χ3n) is 7.62. The largest absolute Gasteiger partial charge is 0.403 e. The van der Waals surface area contributed by atoms with Crippen LogP contribution in [-0.2, 0) is 12.8 Å². The second-order valence-electron chi connectivity index (χ2n) is 10.8. The highest BCUT2D eigenvalue weighted by atomic mass is 32.2. The lowest BCUT2D eigenvalue weighted by molar-refractivity contribution is 0.0556. The number of fused-ring (bicyclic) bond motifs is 2. The number of halogens is 3. The molecule has 0 radical (unpaired) electrons. The summed E-state index contributed by atoms with van der Waals surface area (Å²) in [5, 5.41) is 0.688. The van der Waals surface area contributed by atoms with Gasteiger partial charge in [-0.1, -0.05) is 62.0 Å². The van der Waals surface area contributed by atoms with E-state index in [-0.39, 0.29) is 27.5 Å². The third kappa shape index (κ3) is 8.90. The molecule has 4 aromatic rings. The number of aromatic nitrogens is 4. The van der Waals surface area contributed by atoms with Crippen LogP contribution in [-0.4, -0.2) is 39.2 Å². The van der Waals surface area contributed by atoms with E-state index < -0.39 is 30.5 Å².